The second-order valence-corrected chi connectivity index (χ2v) is 4.95. The normalized spacial score (nSPS) is 22.9. The van der Waals surface area contributed by atoms with E-state index in [1.165, 1.54) is 5.41 Å². The Hall–Kier alpha value is -1.16. The maximum absolute atomic E-state index is 12.3. The summed E-state index contributed by atoms with van der Waals surface area (Å²) in [6.07, 6.45) is -3.07. The lowest BCUT2D eigenvalue weighted by molar-refractivity contribution is -0.0878. The fourth-order valence-electron chi connectivity index (χ4n) is 1.28. The largest absolute Gasteiger partial charge is 0.416 e. The SMILES string of the molecule is FC(F)(F)C1=C[SH](c2cc[c]cc2)C=C1. The van der Waals surface area contributed by atoms with Crippen molar-refractivity contribution in [3.63, 3.8) is 0 Å². The van der Waals surface area contributed by atoms with Gasteiger partial charge in [0.05, 0.1) is 5.57 Å². The van der Waals surface area contributed by atoms with E-state index in [1.54, 1.807) is 29.7 Å². The molecule has 1 radical (unpaired) electrons. The van der Waals surface area contributed by atoms with Gasteiger partial charge in [-0.3, -0.25) is 0 Å². The number of hydrogen-bond donors (Lipinski definition) is 1. The third kappa shape index (κ3) is 2.26. The molecular formula is C11H8F3S. The Labute approximate surface area is 88.5 Å². The minimum atomic E-state index is -4.23. The van der Waals surface area contributed by atoms with Crippen molar-refractivity contribution in [1.82, 2.24) is 0 Å². The highest BCUT2D eigenvalue weighted by molar-refractivity contribution is 8.22. The summed E-state index contributed by atoms with van der Waals surface area (Å²) >= 11 is 0. The molecular weight excluding hydrogens is 221 g/mol. The first-order chi connectivity index (χ1) is 7.07. The molecule has 1 aromatic carbocycles. The minimum absolute atomic E-state index is 0.540. The summed E-state index contributed by atoms with van der Waals surface area (Å²) in [4.78, 5) is 0.916. The van der Waals surface area contributed by atoms with Crippen LogP contribution in [0.15, 0.2) is 51.6 Å². The molecule has 0 saturated heterocycles. The molecule has 1 aliphatic heterocycles. The van der Waals surface area contributed by atoms with Gasteiger partial charge in [-0.05, 0) is 40.0 Å². The quantitative estimate of drug-likeness (QED) is 0.695. The zero-order valence-corrected chi connectivity index (χ0v) is 8.52. The van der Waals surface area contributed by atoms with Crippen LogP contribution in [0.5, 0.6) is 0 Å². The van der Waals surface area contributed by atoms with Crippen molar-refractivity contribution in [3.05, 3.63) is 52.8 Å². The highest BCUT2D eigenvalue weighted by Gasteiger charge is 2.33. The van der Waals surface area contributed by atoms with Crippen LogP contribution < -0.4 is 0 Å². The van der Waals surface area contributed by atoms with Crippen LogP contribution in [-0.2, 0) is 0 Å². The molecule has 1 aliphatic rings. The van der Waals surface area contributed by atoms with E-state index in [1.807, 2.05) is 0 Å². The van der Waals surface area contributed by atoms with Crippen molar-refractivity contribution < 1.29 is 13.2 Å². The summed E-state index contributed by atoms with van der Waals surface area (Å²) in [5, 5.41) is 2.91. The van der Waals surface area contributed by atoms with Crippen molar-refractivity contribution in [2.24, 2.45) is 0 Å². The Morgan fingerprint density at radius 3 is 2.33 bits per heavy atom. The smallest absolute Gasteiger partial charge is 0.186 e. The lowest BCUT2D eigenvalue weighted by Crippen LogP contribution is -2.08. The van der Waals surface area contributed by atoms with Gasteiger partial charge in [0.15, 0.2) is 0 Å². The number of alkyl halides is 3. The molecule has 0 nitrogen and oxygen atoms in total. The van der Waals surface area contributed by atoms with Crippen LogP contribution in [0.25, 0.3) is 0 Å². The van der Waals surface area contributed by atoms with Gasteiger partial charge >= 0.3 is 6.18 Å². The van der Waals surface area contributed by atoms with E-state index in [9.17, 15) is 13.2 Å². The van der Waals surface area contributed by atoms with Gasteiger partial charge in [0.1, 0.15) is 0 Å². The number of benzene rings is 1. The van der Waals surface area contributed by atoms with Crippen LogP contribution in [0.2, 0.25) is 0 Å². The van der Waals surface area contributed by atoms with Crippen molar-refractivity contribution in [3.8, 4) is 0 Å². The molecule has 0 N–H and O–H groups in total. The number of halogens is 3. The first kappa shape index (κ1) is 10.4. The highest BCUT2D eigenvalue weighted by atomic mass is 32.2. The van der Waals surface area contributed by atoms with Gasteiger partial charge in [-0.1, -0.05) is 12.1 Å². The monoisotopic (exact) mass is 229 g/mol. The van der Waals surface area contributed by atoms with Crippen molar-refractivity contribution in [1.29, 1.82) is 0 Å². The topological polar surface area (TPSA) is 0 Å². The molecule has 15 heavy (non-hydrogen) atoms. The molecule has 0 fully saturated rings. The van der Waals surface area contributed by atoms with Gasteiger partial charge in [-0.2, -0.15) is 24.1 Å². The van der Waals surface area contributed by atoms with Crippen LogP contribution in [-0.4, -0.2) is 6.18 Å². The fourth-order valence-corrected chi connectivity index (χ4v) is 3.03. The van der Waals surface area contributed by atoms with Gasteiger partial charge in [0, 0.05) is 0 Å². The van der Waals surface area contributed by atoms with Crippen LogP contribution in [0.3, 0.4) is 0 Å². The van der Waals surface area contributed by atoms with Gasteiger partial charge in [-0.25, -0.2) is 0 Å². The second kappa shape index (κ2) is 3.77. The van der Waals surface area contributed by atoms with E-state index in [4.69, 9.17) is 0 Å². The molecule has 2 rings (SSSR count). The molecule has 79 valence electrons. The lowest BCUT2D eigenvalue weighted by atomic mass is 10.3. The Bertz CT molecular complexity index is 404. The predicted molar refractivity (Wildman–Crippen MR) is 55.8 cm³/mol. The summed E-state index contributed by atoms with van der Waals surface area (Å²) in [6.45, 7) is 0. The summed E-state index contributed by atoms with van der Waals surface area (Å²) in [7, 11) is -0.926. The van der Waals surface area contributed by atoms with Crippen LogP contribution in [0.1, 0.15) is 0 Å². The Kier molecular flexibility index (Phi) is 2.61. The van der Waals surface area contributed by atoms with E-state index in [0.29, 0.717) is 0 Å². The first-order valence-corrected chi connectivity index (χ1v) is 5.77. The third-order valence-electron chi connectivity index (χ3n) is 2.02. The van der Waals surface area contributed by atoms with E-state index in [-0.39, 0.29) is 0 Å². The van der Waals surface area contributed by atoms with E-state index in [2.05, 4.69) is 6.07 Å². The standard InChI is InChI=1S/C11H8F3S/c12-11(13,14)9-6-7-15(8-9)10-4-2-1-3-5-10/h2-8,15H. The molecule has 1 heterocycles. The number of hydrogen-bond acceptors (Lipinski definition) is 0. The summed E-state index contributed by atoms with van der Waals surface area (Å²) in [5.74, 6) is 0. The average Bonchev–Trinajstić information content (AvgIpc) is 2.67. The van der Waals surface area contributed by atoms with Gasteiger partial charge < -0.3 is 0 Å². The Morgan fingerprint density at radius 2 is 1.80 bits per heavy atom. The zero-order chi connectivity index (χ0) is 10.9. The molecule has 1 aromatic rings. The van der Waals surface area contributed by atoms with E-state index in [0.717, 1.165) is 11.0 Å². The summed E-state index contributed by atoms with van der Waals surface area (Å²) < 4.78 is 37.0. The molecule has 0 spiro atoms. The average molecular weight is 229 g/mol. The molecule has 0 aliphatic carbocycles. The van der Waals surface area contributed by atoms with Gasteiger partial charge in [-0.15, -0.1) is 0 Å². The molecule has 0 bridgehead atoms. The lowest BCUT2D eigenvalue weighted by Gasteiger charge is -2.10. The second-order valence-electron chi connectivity index (χ2n) is 3.06. The number of allylic oxidation sites excluding steroid dienone is 2. The van der Waals surface area contributed by atoms with Crippen molar-refractivity contribution in [2.45, 2.75) is 11.1 Å². The van der Waals surface area contributed by atoms with E-state index < -0.39 is 22.6 Å². The molecule has 0 aromatic heterocycles. The Morgan fingerprint density at radius 1 is 1.13 bits per heavy atom. The Balaban J connectivity index is 2.25. The fraction of sp³-hybridized carbons (Fsp3) is 0.0909. The van der Waals surface area contributed by atoms with E-state index >= 15 is 0 Å². The van der Waals surface area contributed by atoms with Crippen molar-refractivity contribution >= 4 is 10.9 Å². The number of rotatable bonds is 1. The zero-order valence-electron chi connectivity index (χ0n) is 7.62. The molecule has 0 amide bonds. The van der Waals surface area contributed by atoms with Crippen LogP contribution >= 0.6 is 10.9 Å². The molecule has 1 unspecified atom stereocenters. The van der Waals surface area contributed by atoms with Crippen LogP contribution in [0, 0.1) is 6.07 Å². The minimum Gasteiger partial charge on any atom is -0.186 e. The summed E-state index contributed by atoms with van der Waals surface area (Å²) in [6, 6.07) is 9.86. The first-order valence-electron chi connectivity index (χ1n) is 4.29. The third-order valence-corrected chi connectivity index (χ3v) is 3.94. The van der Waals surface area contributed by atoms with Crippen LogP contribution in [0.4, 0.5) is 13.2 Å². The predicted octanol–water partition coefficient (Wildman–Crippen LogP) is 3.82. The van der Waals surface area contributed by atoms with Gasteiger partial charge in [0.25, 0.3) is 0 Å². The van der Waals surface area contributed by atoms with Gasteiger partial charge in [0.2, 0.25) is 0 Å². The van der Waals surface area contributed by atoms with Crippen molar-refractivity contribution in [2.75, 3.05) is 0 Å². The summed E-state index contributed by atoms with van der Waals surface area (Å²) in [5.41, 5.74) is -0.540. The highest BCUT2D eigenvalue weighted by Crippen LogP contribution is 2.47. The molecule has 4 heteroatoms. The molecule has 1 atom stereocenters. The number of thiol groups is 1. The molecule has 0 saturated carbocycles. The maximum atomic E-state index is 12.3. The maximum Gasteiger partial charge on any atom is 0.416 e.